The second-order valence-electron chi connectivity index (χ2n) is 6.11. The molecule has 0 saturated carbocycles. The van der Waals surface area contributed by atoms with Gasteiger partial charge in [0.05, 0.1) is 0 Å². The molecule has 1 aromatic heterocycles. The topological polar surface area (TPSA) is 86.5 Å². The molecule has 0 bridgehead atoms. The van der Waals surface area contributed by atoms with Crippen molar-refractivity contribution < 1.29 is 18.8 Å². The minimum absolute atomic E-state index is 0.142. The molecule has 0 fully saturated rings. The molecule has 7 heteroatoms. The summed E-state index contributed by atoms with van der Waals surface area (Å²) in [6.07, 6.45) is 1.23. The van der Waals surface area contributed by atoms with Crippen LogP contribution in [0.4, 0.5) is 0 Å². The summed E-state index contributed by atoms with van der Waals surface area (Å²) in [7, 11) is 0. The zero-order valence-corrected chi connectivity index (χ0v) is 14.9. The van der Waals surface area contributed by atoms with E-state index in [1.807, 2.05) is 43.3 Å². The number of nitrogens with one attached hydrogen (secondary N) is 1. The minimum Gasteiger partial charge on any atom is -0.454 e. The van der Waals surface area contributed by atoms with Gasteiger partial charge in [-0.25, -0.2) is 0 Å². The van der Waals surface area contributed by atoms with Gasteiger partial charge in [-0.15, -0.1) is 0 Å². The largest absolute Gasteiger partial charge is 0.454 e. The van der Waals surface area contributed by atoms with E-state index in [0.717, 1.165) is 16.9 Å². The third-order valence-electron chi connectivity index (χ3n) is 4.28. The highest BCUT2D eigenvalue weighted by atomic mass is 16.7. The summed E-state index contributed by atoms with van der Waals surface area (Å²) in [5, 5.41) is 6.77. The lowest BCUT2D eigenvalue weighted by atomic mass is 10.0. The first kappa shape index (κ1) is 17.1. The van der Waals surface area contributed by atoms with E-state index < -0.39 is 0 Å². The van der Waals surface area contributed by atoms with Crippen LogP contribution in [0.3, 0.4) is 0 Å². The summed E-state index contributed by atoms with van der Waals surface area (Å²) in [4.78, 5) is 16.7. The van der Waals surface area contributed by atoms with Crippen LogP contribution in [-0.2, 0) is 12.8 Å². The third-order valence-corrected chi connectivity index (χ3v) is 4.28. The van der Waals surface area contributed by atoms with Crippen molar-refractivity contribution in [3.05, 3.63) is 59.7 Å². The number of aryl methyl sites for hydroxylation is 1. The highest BCUT2D eigenvalue weighted by molar-refractivity contribution is 5.95. The third kappa shape index (κ3) is 3.76. The van der Waals surface area contributed by atoms with E-state index in [1.54, 1.807) is 6.07 Å². The van der Waals surface area contributed by atoms with Gasteiger partial charge in [0.1, 0.15) is 0 Å². The number of rotatable bonds is 6. The molecule has 1 amide bonds. The molecule has 0 radical (unpaired) electrons. The maximum Gasteiger partial charge on any atom is 0.251 e. The molecule has 0 saturated heterocycles. The molecule has 0 spiro atoms. The summed E-state index contributed by atoms with van der Waals surface area (Å²) in [6, 6.07) is 13.2. The molecule has 4 rings (SSSR count). The van der Waals surface area contributed by atoms with Gasteiger partial charge in [0.15, 0.2) is 17.3 Å². The molecule has 1 N–H and O–H groups in total. The van der Waals surface area contributed by atoms with Crippen molar-refractivity contribution in [1.82, 2.24) is 15.5 Å². The Balaban J connectivity index is 1.41. The number of fused-ring (bicyclic) bond motifs is 1. The van der Waals surface area contributed by atoms with E-state index >= 15 is 0 Å². The van der Waals surface area contributed by atoms with Crippen molar-refractivity contribution >= 4 is 5.91 Å². The van der Waals surface area contributed by atoms with Crippen molar-refractivity contribution in [2.24, 2.45) is 0 Å². The fourth-order valence-corrected chi connectivity index (χ4v) is 2.84. The van der Waals surface area contributed by atoms with Gasteiger partial charge in [0.25, 0.3) is 5.91 Å². The molecular formula is C20H19N3O4. The highest BCUT2D eigenvalue weighted by Crippen LogP contribution is 2.35. The zero-order chi connectivity index (χ0) is 18.6. The van der Waals surface area contributed by atoms with E-state index in [2.05, 4.69) is 15.5 Å². The van der Waals surface area contributed by atoms with Gasteiger partial charge in [0, 0.05) is 24.9 Å². The van der Waals surface area contributed by atoms with Crippen molar-refractivity contribution in [3.8, 4) is 22.6 Å². The molecule has 1 aliphatic heterocycles. The summed E-state index contributed by atoms with van der Waals surface area (Å²) in [6.45, 7) is 2.63. The number of nitrogens with zero attached hydrogens (tertiary/aromatic N) is 2. The van der Waals surface area contributed by atoms with Crippen LogP contribution in [0, 0.1) is 0 Å². The number of carbonyl (C=O) groups is 1. The quantitative estimate of drug-likeness (QED) is 0.723. The Morgan fingerprint density at radius 2 is 1.96 bits per heavy atom. The lowest BCUT2D eigenvalue weighted by molar-refractivity contribution is 0.0954. The smallest absolute Gasteiger partial charge is 0.251 e. The lowest BCUT2D eigenvalue weighted by Crippen LogP contribution is -2.25. The number of ether oxygens (including phenoxy) is 2. The molecule has 2 heterocycles. The number of carbonyl (C=O) groups excluding carboxylic acids is 1. The molecule has 1 aliphatic rings. The SMILES string of the molecule is CCc1nc(CCNC(=O)c2cccc(-c3ccc4c(c3)OCO4)c2)no1. The van der Waals surface area contributed by atoms with Gasteiger partial charge in [-0.3, -0.25) is 4.79 Å². The average molecular weight is 365 g/mol. The van der Waals surface area contributed by atoms with Crippen LogP contribution in [0.1, 0.15) is 29.0 Å². The number of aromatic nitrogens is 2. The standard InChI is InChI=1S/C20H19N3O4/c1-2-19-22-18(23-27-19)8-9-21-20(24)15-5-3-4-13(10-15)14-6-7-16-17(11-14)26-12-25-16/h3-7,10-11H,2,8-9,12H2,1H3,(H,21,24). The molecular weight excluding hydrogens is 346 g/mol. The lowest BCUT2D eigenvalue weighted by Gasteiger charge is -2.07. The normalized spacial score (nSPS) is 12.2. The summed E-state index contributed by atoms with van der Waals surface area (Å²) < 4.78 is 15.8. The van der Waals surface area contributed by atoms with Gasteiger partial charge < -0.3 is 19.3 Å². The molecule has 0 unspecified atom stereocenters. The fraction of sp³-hybridized carbons (Fsp3) is 0.250. The summed E-state index contributed by atoms with van der Waals surface area (Å²) in [5.41, 5.74) is 2.49. The van der Waals surface area contributed by atoms with Crippen LogP contribution in [-0.4, -0.2) is 29.4 Å². The predicted molar refractivity (Wildman–Crippen MR) is 97.7 cm³/mol. The van der Waals surface area contributed by atoms with E-state index in [0.29, 0.717) is 42.4 Å². The highest BCUT2D eigenvalue weighted by Gasteiger charge is 2.14. The first-order valence-corrected chi connectivity index (χ1v) is 8.82. The van der Waals surface area contributed by atoms with Crippen molar-refractivity contribution in [3.63, 3.8) is 0 Å². The van der Waals surface area contributed by atoms with Crippen LogP contribution < -0.4 is 14.8 Å². The number of hydrogen-bond donors (Lipinski definition) is 1. The van der Waals surface area contributed by atoms with Crippen LogP contribution in [0.25, 0.3) is 11.1 Å². The Morgan fingerprint density at radius 1 is 1.11 bits per heavy atom. The first-order valence-electron chi connectivity index (χ1n) is 8.82. The Labute approximate surface area is 156 Å². The molecule has 7 nitrogen and oxygen atoms in total. The number of benzene rings is 2. The second kappa shape index (κ2) is 7.49. The maximum absolute atomic E-state index is 12.4. The molecule has 0 atom stereocenters. The van der Waals surface area contributed by atoms with Gasteiger partial charge >= 0.3 is 0 Å². The Hall–Kier alpha value is -3.35. The van der Waals surface area contributed by atoms with Gasteiger partial charge in [-0.05, 0) is 35.4 Å². The maximum atomic E-state index is 12.4. The number of hydrogen-bond acceptors (Lipinski definition) is 6. The van der Waals surface area contributed by atoms with Gasteiger partial charge in [0.2, 0.25) is 12.7 Å². The minimum atomic E-state index is -0.142. The molecule has 2 aromatic carbocycles. The summed E-state index contributed by atoms with van der Waals surface area (Å²) in [5.74, 6) is 2.51. The Morgan fingerprint density at radius 3 is 2.81 bits per heavy atom. The Kier molecular flexibility index (Phi) is 4.74. The fourth-order valence-electron chi connectivity index (χ4n) is 2.84. The van der Waals surface area contributed by atoms with Crippen LogP contribution in [0.15, 0.2) is 47.0 Å². The predicted octanol–water partition coefficient (Wildman–Crippen LogP) is 3.00. The number of amides is 1. The molecule has 3 aromatic rings. The monoisotopic (exact) mass is 365 g/mol. The van der Waals surface area contributed by atoms with Crippen LogP contribution >= 0.6 is 0 Å². The van der Waals surface area contributed by atoms with Gasteiger partial charge in [-0.2, -0.15) is 4.98 Å². The molecule has 0 aliphatic carbocycles. The van der Waals surface area contributed by atoms with E-state index in [-0.39, 0.29) is 12.7 Å². The van der Waals surface area contributed by atoms with Crippen molar-refractivity contribution in [2.75, 3.05) is 13.3 Å². The second-order valence-corrected chi connectivity index (χ2v) is 6.11. The van der Waals surface area contributed by atoms with Crippen molar-refractivity contribution in [1.29, 1.82) is 0 Å². The van der Waals surface area contributed by atoms with Crippen LogP contribution in [0.2, 0.25) is 0 Å². The Bertz CT molecular complexity index is 967. The van der Waals surface area contributed by atoms with Crippen LogP contribution in [0.5, 0.6) is 11.5 Å². The average Bonchev–Trinajstić information content (AvgIpc) is 3.36. The first-order chi connectivity index (χ1) is 13.2. The molecule has 27 heavy (non-hydrogen) atoms. The van der Waals surface area contributed by atoms with Gasteiger partial charge in [-0.1, -0.05) is 30.3 Å². The van der Waals surface area contributed by atoms with E-state index in [9.17, 15) is 4.79 Å². The summed E-state index contributed by atoms with van der Waals surface area (Å²) >= 11 is 0. The van der Waals surface area contributed by atoms with E-state index in [1.165, 1.54) is 0 Å². The molecule has 138 valence electrons. The van der Waals surface area contributed by atoms with Crippen molar-refractivity contribution in [2.45, 2.75) is 19.8 Å². The van der Waals surface area contributed by atoms with E-state index in [4.69, 9.17) is 14.0 Å². The zero-order valence-electron chi connectivity index (χ0n) is 14.9.